The van der Waals surface area contributed by atoms with E-state index in [0.717, 1.165) is 65.3 Å². The molecule has 0 saturated carbocycles. The summed E-state index contributed by atoms with van der Waals surface area (Å²) in [6.07, 6.45) is 0.728. The molecule has 0 aromatic heterocycles. The predicted molar refractivity (Wildman–Crippen MR) is 128 cm³/mol. The fourth-order valence-corrected chi connectivity index (χ4v) is 5.71. The predicted octanol–water partition coefficient (Wildman–Crippen LogP) is -2.40. The van der Waals surface area contributed by atoms with Crippen LogP contribution in [0.1, 0.15) is 6.42 Å². The summed E-state index contributed by atoms with van der Waals surface area (Å²) in [4.78, 5) is 9.08. The van der Waals surface area contributed by atoms with Crippen LogP contribution in [0.4, 0.5) is 0 Å². The van der Waals surface area contributed by atoms with Crippen LogP contribution in [-0.4, -0.2) is 152 Å². The summed E-state index contributed by atoms with van der Waals surface area (Å²) in [5.74, 6) is 0.751. The van der Waals surface area contributed by atoms with Gasteiger partial charge in [0.05, 0.1) is 23.0 Å². The molecule has 186 valence electrons. The van der Waals surface area contributed by atoms with Crippen LogP contribution in [0.25, 0.3) is 0 Å². The molecule has 0 radical (unpaired) electrons. The van der Waals surface area contributed by atoms with Gasteiger partial charge in [0.15, 0.2) is 19.7 Å². The second-order valence-electron chi connectivity index (χ2n) is 8.52. The van der Waals surface area contributed by atoms with Gasteiger partial charge in [0.1, 0.15) is 0 Å². The fourth-order valence-electron chi connectivity index (χ4n) is 3.48. The Morgan fingerprint density at radius 2 is 0.968 bits per heavy atom. The van der Waals surface area contributed by atoms with Gasteiger partial charge in [-0.3, -0.25) is 4.90 Å². The lowest BCUT2D eigenvalue weighted by Gasteiger charge is -2.32. The van der Waals surface area contributed by atoms with Gasteiger partial charge < -0.3 is 26.2 Å². The van der Waals surface area contributed by atoms with Crippen LogP contribution in [0, 0.1) is 0 Å². The summed E-state index contributed by atoms with van der Waals surface area (Å²) in [5.41, 5.74) is 10.5. The van der Waals surface area contributed by atoms with Crippen LogP contribution < -0.4 is 11.5 Å². The fraction of sp³-hybridized carbons (Fsp3) is 1.00. The van der Waals surface area contributed by atoms with Gasteiger partial charge in [-0.05, 0) is 27.1 Å². The van der Waals surface area contributed by atoms with E-state index in [2.05, 4.69) is 33.7 Å². The minimum absolute atomic E-state index is 0.112. The largest absolute Gasteiger partial charge is 0.329 e. The van der Waals surface area contributed by atoms with Crippen molar-refractivity contribution in [2.24, 2.45) is 11.5 Å². The number of hydrogen-bond acceptors (Lipinski definition) is 10. The number of rotatable bonds is 11. The average Bonchev–Trinajstić information content (AvgIpc) is 2.69. The Kier molecular flexibility index (Phi) is 13.6. The Morgan fingerprint density at radius 1 is 0.581 bits per heavy atom. The van der Waals surface area contributed by atoms with Crippen LogP contribution in [0.2, 0.25) is 0 Å². The van der Waals surface area contributed by atoms with Crippen molar-refractivity contribution in [3.05, 3.63) is 0 Å². The molecule has 2 aliphatic rings. The number of nitrogens with two attached hydrogens (primary N) is 2. The van der Waals surface area contributed by atoms with E-state index in [9.17, 15) is 16.8 Å². The molecule has 0 atom stereocenters. The number of likely N-dealkylation sites (N-methyl/N-ethyl adjacent to an activating group) is 2. The van der Waals surface area contributed by atoms with Crippen LogP contribution >= 0.6 is 0 Å². The topological polar surface area (TPSA) is 133 Å². The number of nitrogens with zero attached hydrogens (tertiary/aromatic N) is 4. The molecule has 0 amide bonds. The third-order valence-electron chi connectivity index (χ3n) is 5.70. The molecule has 0 aliphatic carbocycles. The van der Waals surface area contributed by atoms with Crippen LogP contribution in [-0.2, 0) is 19.7 Å². The highest BCUT2D eigenvalue weighted by Gasteiger charge is 2.17. The lowest BCUT2D eigenvalue weighted by Crippen LogP contribution is -2.46. The lowest BCUT2D eigenvalue weighted by molar-refractivity contribution is 0.154. The van der Waals surface area contributed by atoms with Gasteiger partial charge in [0, 0.05) is 72.0 Å². The summed E-state index contributed by atoms with van der Waals surface area (Å²) >= 11 is 0. The molecule has 10 nitrogen and oxygen atoms in total. The highest BCUT2D eigenvalue weighted by molar-refractivity contribution is 7.91. The number of piperazine rings is 2. The molecule has 12 heteroatoms. The summed E-state index contributed by atoms with van der Waals surface area (Å²) in [7, 11) is -1.63. The highest BCUT2D eigenvalue weighted by Crippen LogP contribution is 2.02. The smallest absolute Gasteiger partial charge is 0.152 e. The van der Waals surface area contributed by atoms with Crippen molar-refractivity contribution in [2.45, 2.75) is 6.42 Å². The molecule has 2 aliphatic heterocycles. The van der Waals surface area contributed by atoms with E-state index in [1.807, 2.05) is 0 Å². The van der Waals surface area contributed by atoms with Crippen molar-refractivity contribution in [1.29, 1.82) is 0 Å². The molecule has 0 unspecified atom stereocenters. The molecular formula is C19H44N6O4S2. The third-order valence-corrected chi connectivity index (χ3v) is 9.13. The lowest BCUT2D eigenvalue weighted by atomic mass is 10.3. The Balaban J connectivity index is 0.000000311. The van der Waals surface area contributed by atoms with E-state index >= 15 is 0 Å². The van der Waals surface area contributed by atoms with Crippen LogP contribution in [0.5, 0.6) is 0 Å². The molecule has 2 heterocycles. The first-order valence-corrected chi connectivity index (χ1v) is 14.8. The molecule has 0 aromatic carbocycles. The van der Waals surface area contributed by atoms with Gasteiger partial charge in [-0.1, -0.05) is 0 Å². The molecule has 0 spiro atoms. The van der Waals surface area contributed by atoms with Gasteiger partial charge in [0.25, 0.3) is 0 Å². The van der Waals surface area contributed by atoms with Crippen molar-refractivity contribution >= 4 is 19.7 Å². The van der Waals surface area contributed by atoms with Crippen molar-refractivity contribution < 1.29 is 16.8 Å². The van der Waals surface area contributed by atoms with E-state index in [-0.39, 0.29) is 36.1 Å². The number of sulfone groups is 2. The zero-order chi connectivity index (χ0) is 23.3. The van der Waals surface area contributed by atoms with Crippen LogP contribution in [0.3, 0.4) is 0 Å². The highest BCUT2D eigenvalue weighted by atomic mass is 32.2. The maximum Gasteiger partial charge on any atom is 0.152 e. The quantitative estimate of drug-likeness (QED) is 0.327. The summed E-state index contributed by atoms with van der Waals surface area (Å²) < 4.78 is 45.7. The maximum absolute atomic E-state index is 11.4. The minimum Gasteiger partial charge on any atom is -0.329 e. The molecule has 0 aromatic rings. The van der Waals surface area contributed by atoms with Gasteiger partial charge in [0.2, 0.25) is 0 Å². The van der Waals surface area contributed by atoms with Crippen molar-refractivity contribution in [2.75, 3.05) is 116 Å². The Bertz CT molecular complexity index is 674. The van der Waals surface area contributed by atoms with Gasteiger partial charge in [-0.15, -0.1) is 0 Å². The molecule has 2 fully saturated rings. The summed E-state index contributed by atoms with van der Waals surface area (Å²) in [6.45, 7) is 10.2. The first-order valence-electron chi connectivity index (χ1n) is 11.2. The first-order chi connectivity index (χ1) is 14.6. The maximum atomic E-state index is 11.4. The first kappa shape index (κ1) is 28.7. The van der Waals surface area contributed by atoms with Crippen molar-refractivity contribution in [3.63, 3.8) is 0 Å². The van der Waals surface area contributed by atoms with Crippen molar-refractivity contribution in [3.8, 4) is 0 Å². The summed E-state index contributed by atoms with van der Waals surface area (Å²) in [5, 5.41) is 0. The average molecular weight is 485 g/mol. The molecule has 4 N–H and O–H groups in total. The Labute approximate surface area is 189 Å². The van der Waals surface area contributed by atoms with Crippen molar-refractivity contribution in [1.82, 2.24) is 19.6 Å². The molecule has 2 rings (SSSR count). The van der Waals surface area contributed by atoms with Crippen LogP contribution in [0.15, 0.2) is 0 Å². The van der Waals surface area contributed by atoms with E-state index < -0.39 is 19.7 Å². The van der Waals surface area contributed by atoms with E-state index in [4.69, 9.17) is 11.5 Å². The monoisotopic (exact) mass is 484 g/mol. The second kappa shape index (κ2) is 14.7. The van der Waals surface area contributed by atoms with E-state index in [0.29, 0.717) is 6.54 Å². The third kappa shape index (κ3) is 13.7. The van der Waals surface area contributed by atoms with E-state index in [1.54, 1.807) is 0 Å². The molecule has 0 bridgehead atoms. The normalized spacial score (nSPS) is 20.4. The summed E-state index contributed by atoms with van der Waals surface area (Å²) in [6, 6.07) is 0. The molecule has 31 heavy (non-hydrogen) atoms. The van der Waals surface area contributed by atoms with Gasteiger partial charge in [-0.25, -0.2) is 16.8 Å². The minimum atomic E-state index is -2.92. The Hall–Kier alpha value is -0.340. The SMILES string of the molecule is CN1CCN(CCCS(=O)(=O)CCN)CC1.CN1CCN(CCS(=O)(=O)CCN)CC1. The zero-order valence-electron chi connectivity index (χ0n) is 19.4. The standard InChI is InChI=1S/C10H23N3O2S.C9H21N3O2S/c1-12-5-7-13(8-6-12)4-2-9-16(14,15)10-3-11;1-11-3-5-12(6-4-11)7-9-15(13,14)8-2-10/h2-11H2,1H3;2-10H2,1H3. The van der Waals surface area contributed by atoms with Gasteiger partial charge >= 0.3 is 0 Å². The molecular weight excluding hydrogens is 440 g/mol. The second-order valence-corrected chi connectivity index (χ2v) is 13.1. The van der Waals surface area contributed by atoms with Gasteiger partial charge in [-0.2, -0.15) is 0 Å². The number of hydrogen-bond donors (Lipinski definition) is 2. The van der Waals surface area contributed by atoms with E-state index in [1.165, 1.54) is 0 Å². The Morgan fingerprint density at radius 3 is 1.39 bits per heavy atom. The zero-order valence-corrected chi connectivity index (χ0v) is 21.0. The molecule has 2 saturated heterocycles.